The summed E-state index contributed by atoms with van der Waals surface area (Å²) in [6.07, 6.45) is 1.81. The normalized spacial score (nSPS) is 10.8. The Morgan fingerprint density at radius 3 is 1.83 bits per heavy atom. The van der Waals surface area contributed by atoms with Crippen molar-refractivity contribution in [3.05, 3.63) is 0 Å². The smallest absolute Gasteiger partial charge is 0.229 e. The molecule has 0 atom stereocenters. The number of nitrogens with zero attached hydrogens (tertiary/aromatic N) is 1. The molecular formula is C6H16ClNO3S. The summed E-state index contributed by atoms with van der Waals surface area (Å²) in [6.45, 7) is 1.29. The van der Waals surface area contributed by atoms with Crippen LogP contribution in [0.25, 0.3) is 0 Å². The van der Waals surface area contributed by atoms with Crippen molar-refractivity contribution in [1.29, 1.82) is 0 Å². The molecular weight excluding hydrogens is 202 g/mol. The molecule has 0 saturated heterocycles. The van der Waals surface area contributed by atoms with Crippen LogP contribution >= 0.6 is 10.7 Å². The van der Waals surface area contributed by atoms with Crippen molar-refractivity contribution in [1.82, 2.24) is 4.90 Å². The molecule has 6 heteroatoms. The number of halogens is 1. The summed E-state index contributed by atoms with van der Waals surface area (Å²) in [7, 11) is 5.30. The molecule has 0 aliphatic carbocycles. The molecule has 76 valence electrons. The summed E-state index contributed by atoms with van der Waals surface area (Å²) in [5, 5.41) is 8.29. The second kappa shape index (κ2) is 7.79. The zero-order valence-electron chi connectivity index (χ0n) is 7.62. The third-order valence-corrected chi connectivity index (χ3v) is 0.763. The van der Waals surface area contributed by atoms with E-state index in [4.69, 9.17) is 5.11 Å². The topological polar surface area (TPSA) is 57.6 Å². The first-order chi connectivity index (χ1) is 5.27. The second-order valence-electron chi connectivity index (χ2n) is 2.56. The van der Waals surface area contributed by atoms with Crippen molar-refractivity contribution >= 4 is 19.7 Å². The molecule has 0 unspecified atom stereocenters. The van der Waals surface area contributed by atoms with Crippen molar-refractivity contribution in [2.75, 3.05) is 33.5 Å². The van der Waals surface area contributed by atoms with E-state index >= 15 is 0 Å². The van der Waals surface area contributed by atoms with Crippen LogP contribution in [0.1, 0.15) is 6.42 Å². The molecule has 12 heavy (non-hydrogen) atoms. The van der Waals surface area contributed by atoms with E-state index in [9.17, 15) is 8.42 Å². The fourth-order valence-electron chi connectivity index (χ4n) is 0.387. The Morgan fingerprint density at radius 2 is 1.75 bits per heavy atom. The second-order valence-corrected chi connectivity index (χ2v) is 5.61. The van der Waals surface area contributed by atoms with Gasteiger partial charge >= 0.3 is 0 Å². The van der Waals surface area contributed by atoms with Crippen molar-refractivity contribution in [3.8, 4) is 0 Å². The first-order valence-electron chi connectivity index (χ1n) is 3.42. The van der Waals surface area contributed by atoms with Gasteiger partial charge in [0.2, 0.25) is 9.05 Å². The third kappa shape index (κ3) is 49.3. The third-order valence-electron chi connectivity index (χ3n) is 0.763. The van der Waals surface area contributed by atoms with Crippen LogP contribution in [0.2, 0.25) is 0 Å². The predicted molar refractivity (Wildman–Crippen MR) is 51.0 cm³/mol. The van der Waals surface area contributed by atoms with Gasteiger partial charge in [0.15, 0.2) is 0 Å². The largest absolute Gasteiger partial charge is 0.396 e. The zero-order valence-corrected chi connectivity index (χ0v) is 9.19. The molecule has 1 N–H and O–H groups in total. The van der Waals surface area contributed by atoms with Gasteiger partial charge in [-0.25, -0.2) is 8.42 Å². The van der Waals surface area contributed by atoms with Crippen molar-refractivity contribution in [2.24, 2.45) is 0 Å². The van der Waals surface area contributed by atoms with E-state index in [1.54, 1.807) is 0 Å². The van der Waals surface area contributed by atoms with Gasteiger partial charge in [0.05, 0.1) is 6.26 Å². The fraction of sp³-hybridized carbons (Fsp3) is 1.00. The Bertz CT molecular complexity index is 171. The van der Waals surface area contributed by atoms with Gasteiger partial charge < -0.3 is 10.0 Å². The number of aliphatic hydroxyl groups is 1. The fourth-order valence-corrected chi connectivity index (χ4v) is 0.387. The Kier molecular flexibility index (Phi) is 9.53. The molecule has 0 fully saturated rings. The average molecular weight is 218 g/mol. The maximum atomic E-state index is 9.40. The predicted octanol–water partition coefficient (Wildman–Crippen LogP) is 0.115. The van der Waals surface area contributed by atoms with E-state index in [-0.39, 0.29) is 0 Å². The van der Waals surface area contributed by atoms with Crippen LogP contribution < -0.4 is 0 Å². The number of hydrogen-bond donors (Lipinski definition) is 1. The number of rotatable bonds is 3. The summed E-state index contributed by atoms with van der Waals surface area (Å²) in [4.78, 5) is 2.05. The lowest BCUT2D eigenvalue weighted by Crippen LogP contribution is -2.13. The molecule has 0 radical (unpaired) electrons. The Hall–Kier alpha value is 0.160. The highest BCUT2D eigenvalue weighted by atomic mass is 35.7. The first-order valence-corrected chi connectivity index (χ1v) is 6.14. The lowest BCUT2D eigenvalue weighted by Gasteiger charge is -2.05. The zero-order chi connectivity index (χ0) is 10.2. The average Bonchev–Trinajstić information content (AvgIpc) is 1.79. The summed E-state index contributed by atoms with van der Waals surface area (Å²) < 4.78 is 18.8. The molecule has 0 heterocycles. The van der Waals surface area contributed by atoms with Gasteiger partial charge in [-0.3, -0.25) is 0 Å². The molecule has 0 aliphatic heterocycles. The van der Waals surface area contributed by atoms with Crippen molar-refractivity contribution in [2.45, 2.75) is 6.42 Å². The van der Waals surface area contributed by atoms with Gasteiger partial charge in [0, 0.05) is 17.3 Å². The minimum atomic E-state index is -3.19. The molecule has 0 spiro atoms. The highest BCUT2D eigenvalue weighted by Gasteiger charge is 1.84. The molecule has 0 amide bonds. The van der Waals surface area contributed by atoms with Crippen LogP contribution in [0.15, 0.2) is 0 Å². The van der Waals surface area contributed by atoms with E-state index < -0.39 is 9.05 Å². The summed E-state index contributed by atoms with van der Waals surface area (Å²) in [5.74, 6) is 0. The SMILES string of the molecule is CN(C)CCCO.CS(=O)(=O)Cl. The van der Waals surface area contributed by atoms with Crippen LogP contribution in [0.3, 0.4) is 0 Å². The molecule has 0 aliphatic rings. The molecule has 4 nitrogen and oxygen atoms in total. The van der Waals surface area contributed by atoms with E-state index in [0.717, 1.165) is 19.2 Å². The van der Waals surface area contributed by atoms with Gasteiger partial charge in [-0.05, 0) is 27.1 Å². The maximum absolute atomic E-state index is 9.40. The lowest BCUT2D eigenvalue weighted by atomic mass is 10.4. The van der Waals surface area contributed by atoms with Gasteiger partial charge in [0.25, 0.3) is 0 Å². The minimum Gasteiger partial charge on any atom is -0.396 e. The van der Waals surface area contributed by atoms with Crippen molar-refractivity contribution < 1.29 is 13.5 Å². The van der Waals surface area contributed by atoms with Gasteiger partial charge in [0.1, 0.15) is 0 Å². The molecule has 0 bridgehead atoms. The highest BCUT2D eigenvalue weighted by Crippen LogP contribution is 1.83. The van der Waals surface area contributed by atoms with Gasteiger partial charge in [-0.1, -0.05) is 0 Å². The van der Waals surface area contributed by atoms with Crippen LogP contribution in [-0.2, 0) is 9.05 Å². The number of hydrogen-bond acceptors (Lipinski definition) is 4. The minimum absolute atomic E-state index is 0.304. The molecule has 0 rings (SSSR count). The van der Waals surface area contributed by atoms with Crippen LogP contribution in [0, 0.1) is 0 Å². The standard InChI is InChI=1S/C5H13NO.CH3ClO2S/c1-6(2)4-3-5-7;1-5(2,3)4/h7H,3-5H2,1-2H3;1H3. The summed E-state index contributed by atoms with van der Waals surface area (Å²) in [5.41, 5.74) is 0. The quantitative estimate of drug-likeness (QED) is 0.683. The highest BCUT2D eigenvalue weighted by molar-refractivity contribution is 8.13. The molecule has 0 aromatic heterocycles. The molecule has 0 saturated carbocycles. The van der Waals surface area contributed by atoms with Crippen LogP contribution in [0.4, 0.5) is 0 Å². The van der Waals surface area contributed by atoms with Crippen molar-refractivity contribution in [3.63, 3.8) is 0 Å². The Labute approximate surface area is 78.6 Å². The number of aliphatic hydroxyl groups excluding tert-OH is 1. The maximum Gasteiger partial charge on any atom is 0.229 e. The summed E-state index contributed by atoms with van der Waals surface area (Å²) >= 11 is 0. The van der Waals surface area contributed by atoms with Gasteiger partial charge in [-0.15, -0.1) is 0 Å². The van der Waals surface area contributed by atoms with E-state index in [1.165, 1.54) is 0 Å². The molecule has 0 aromatic carbocycles. The van der Waals surface area contributed by atoms with E-state index in [0.29, 0.717) is 6.61 Å². The van der Waals surface area contributed by atoms with Crippen LogP contribution in [0.5, 0.6) is 0 Å². The lowest BCUT2D eigenvalue weighted by molar-refractivity contribution is 0.263. The monoisotopic (exact) mass is 217 g/mol. The Balaban J connectivity index is 0. The Morgan fingerprint density at radius 1 is 1.42 bits per heavy atom. The molecule has 0 aromatic rings. The first kappa shape index (κ1) is 14.7. The van der Waals surface area contributed by atoms with Crippen LogP contribution in [-0.4, -0.2) is 51.9 Å². The van der Waals surface area contributed by atoms with Gasteiger partial charge in [-0.2, -0.15) is 0 Å². The van der Waals surface area contributed by atoms with E-state index in [1.807, 2.05) is 14.1 Å². The summed E-state index contributed by atoms with van der Waals surface area (Å²) in [6, 6.07) is 0. The van der Waals surface area contributed by atoms with E-state index in [2.05, 4.69) is 15.6 Å².